The van der Waals surface area contributed by atoms with Crippen molar-refractivity contribution in [3.05, 3.63) is 45.1 Å². The van der Waals surface area contributed by atoms with Crippen LogP contribution in [0.5, 0.6) is 0 Å². The quantitative estimate of drug-likeness (QED) is 0.826. The van der Waals surface area contributed by atoms with Crippen LogP contribution < -0.4 is 5.32 Å². The SMILES string of the molecule is Cc1cc(Br)c(NCC(O)Cn2cccn2)c(Br)c1. The van der Waals surface area contributed by atoms with Crippen molar-refractivity contribution >= 4 is 37.5 Å². The van der Waals surface area contributed by atoms with Crippen LogP contribution in [0.2, 0.25) is 0 Å². The van der Waals surface area contributed by atoms with Crippen molar-refractivity contribution in [3.8, 4) is 0 Å². The number of rotatable bonds is 5. The van der Waals surface area contributed by atoms with E-state index < -0.39 is 6.10 Å². The fraction of sp³-hybridized carbons (Fsp3) is 0.308. The van der Waals surface area contributed by atoms with Gasteiger partial charge in [0.25, 0.3) is 0 Å². The minimum atomic E-state index is -0.500. The number of aliphatic hydroxyl groups excluding tert-OH is 1. The number of aliphatic hydroxyl groups is 1. The minimum Gasteiger partial charge on any atom is -0.389 e. The third-order valence-corrected chi connectivity index (χ3v) is 3.91. The third kappa shape index (κ3) is 4.06. The summed E-state index contributed by atoms with van der Waals surface area (Å²) in [4.78, 5) is 0. The molecule has 2 rings (SSSR count). The topological polar surface area (TPSA) is 50.1 Å². The molecule has 0 aliphatic carbocycles. The molecule has 0 saturated carbocycles. The van der Waals surface area contributed by atoms with Gasteiger partial charge in [0.05, 0.1) is 18.3 Å². The van der Waals surface area contributed by atoms with E-state index in [1.165, 1.54) is 5.56 Å². The van der Waals surface area contributed by atoms with Crippen molar-refractivity contribution in [2.24, 2.45) is 0 Å². The Morgan fingerprint density at radius 3 is 2.63 bits per heavy atom. The summed E-state index contributed by atoms with van der Waals surface area (Å²) in [5, 5.41) is 17.3. The first-order chi connectivity index (χ1) is 9.06. The first kappa shape index (κ1) is 14.6. The van der Waals surface area contributed by atoms with Crippen LogP contribution in [0.3, 0.4) is 0 Å². The number of benzene rings is 1. The van der Waals surface area contributed by atoms with E-state index in [2.05, 4.69) is 42.3 Å². The summed E-state index contributed by atoms with van der Waals surface area (Å²) in [5.74, 6) is 0. The predicted molar refractivity (Wildman–Crippen MR) is 83.3 cm³/mol. The second kappa shape index (κ2) is 6.54. The molecule has 1 unspecified atom stereocenters. The number of aromatic nitrogens is 2. The van der Waals surface area contributed by atoms with Crippen LogP contribution in [0.1, 0.15) is 5.56 Å². The van der Waals surface area contributed by atoms with Gasteiger partial charge in [-0.2, -0.15) is 5.10 Å². The Bertz CT molecular complexity index is 520. The molecule has 102 valence electrons. The molecule has 6 heteroatoms. The van der Waals surface area contributed by atoms with E-state index in [0.717, 1.165) is 14.6 Å². The highest BCUT2D eigenvalue weighted by atomic mass is 79.9. The van der Waals surface area contributed by atoms with E-state index in [9.17, 15) is 5.11 Å². The lowest BCUT2D eigenvalue weighted by Crippen LogP contribution is -2.25. The van der Waals surface area contributed by atoms with Crippen LogP contribution in [-0.2, 0) is 6.54 Å². The van der Waals surface area contributed by atoms with E-state index >= 15 is 0 Å². The summed E-state index contributed by atoms with van der Waals surface area (Å²) in [6.45, 7) is 2.97. The maximum Gasteiger partial charge on any atom is 0.0907 e. The number of hydrogen-bond donors (Lipinski definition) is 2. The van der Waals surface area contributed by atoms with E-state index in [1.54, 1.807) is 10.9 Å². The third-order valence-electron chi connectivity index (χ3n) is 2.66. The van der Waals surface area contributed by atoms with Gasteiger partial charge in [-0.25, -0.2) is 0 Å². The molecule has 1 aromatic carbocycles. The van der Waals surface area contributed by atoms with Crippen molar-refractivity contribution in [3.63, 3.8) is 0 Å². The molecule has 2 N–H and O–H groups in total. The molecule has 0 aliphatic heterocycles. The zero-order valence-electron chi connectivity index (χ0n) is 10.5. The monoisotopic (exact) mass is 387 g/mol. The van der Waals surface area contributed by atoms with E-state index in [-0.39, 0.29) is 0 Å². The Hall–Kier alpha value is -0.850. The second-order valence-electron chi connectivity index (χ2n) is 4.37. The van der Waals surface area contributed by atoms with Crippen molar-refractivity contribution < 1.29 is 5.11 Å². The summed E-state index contributed by atoms with van der Waals surface area (Å²) in [5.41, 5.74) is 2.12. The molecule has 0 radical (unpaired) electrons. The Labute approximate surface area is 129 Å². The lowest BCUT2D eigenvalue weighted by Gasteiger charge is -2.15. The van der Waals surface area contributed by atoms with Crippen LogP contribution in [0.4, 0.5) is 5.69 Å². The Kier molecular flexibility index (Phi) is 5.01. The van der Waals surface area contributed by atoms with Crippen LogP contribution >= 0.6 is 31.9 Å². The Morgan fingerprint density at radius 1 is 1.37 bits per heavy atom. The predicted octanol–water partition coefficient (Wildman–Crippen LogP) is 3.19. The standard InChI is InChI=1S/C13H15Br2N3O/c1-9-5-11(14)13(12(15)6-9)16-7-10(19)8-18-4-2-3-17-18/h2-6,10,16,19H,7-8H2,1H3. The van der Waals surface area contributed by atoms with Gasteiger partial charge in [-0.3, -0.25) is 4.68 Å². The smallest absolute Gasteiger partial charge is 0.0907 e. The Morgan fingerprint density at radius 2 is 2.05 bits per heavy atom. The molecule has 0 spiro atoms. The average Bonchev–Trinajstić information content (AvgIpc) is 2.80. The highest BCUT2D eigenvalue weighted by Crippen LogP contribution is 2.32. The van der Waals surface area contributed by atoms with Crippen molar-refractivity contribution in [2.75, 3.05) is 11.9 Å². The maximum absolute atomic E-state index is 9.96. The van der Waals surface area contributed by atoms with Gasteiger partial charge in [-0.05, 0) is 62.5 Å². The molecule has 1 heterocycles. The lowest BCUT2D eigenvalue weighted by atomic mass is 10.2. The Balaban J connectivity index is 1.95. The second-order valence-corrected chi connectivity index (χ2v) is 6.08. The van der Waals surface area contributed by atoms with E-state index in [4.69, 9.17) is 0 Å². The summed E-state index contributed by atoms with van der Waals surface area (Å²) < 4.78 is 3.67. The fourth-order valence-corrected chi connectivity index (χ4v) is 3.47. The lowest BCUT2D eigenvalue weighted by molar-refractivity contribution is 0.161. The van der Waals surface area contributed by atoms with Gasteiger partial charge in [0.15, 0.2) is 0 Å². The van der Waals surface area contributed by atoms with Gasteiger partial charge in [0.1, 0.15) is 0 Å². The molecule has 0 amide bonds. The molecule has 19 heavy (non-hydrogen) atoms. The first-order valence-corrected chi connectivity index (χ1v) is 7.50. The highest BCUT2D eigenvalue weighted by molar-refractivity contribution is 9.11. The van der Waals surface area contributed by atoms with E-state index in [0.29, 0.717) is 13.1 Å². The molecule has 0 bridgehead atoms. The van der Waals surface area contributed by atoms with Crippen molar-refractivity contribution in [1.82, 2.24) is 9.78 Å². The average molecular weight is 389 g/mol. The van der Waals surface area contributed by atoms with Crippen LogP contribution in [0.15, 0.2) is 39.5 Å². The van der Waals surface area contributed by atoms with Gasteiger partial charge in [0.2, 0.25) is 0 Å². The maximum atomic E-state index is 9.96. The highest BCUT2D eigenvalue weighted by Gasteiger charge is 2.09. The molecule has 4 nitrogen and oxygen atoms in total. The largest absolute Gasteiger partial charge is 0.389 e. The number of anilines is 1. The van der Waals surface area contributed by atoms with Crippen molar-refractivity contribution in [1.29, 1.82) is 0 Å². The fourth-order valence-electron chi connectivity index (χ4n) is 1.78. The number of hydrogen-bond acceptors (Lipinski definition) is 3. The van der Waals surface area contributed by atoms with Gasteiger partial charge >= 0.3 is 0 Å². The number of aryl methyl sites for hydroxylation is 1. The molecule has 1 atom stereocenters. The summed E-state index contributed by atoms with van der Waals surface area (Å²) in [6, 6.07) is 5.91. The molecular weight excluding hydrogens is 374 g/mol. The molecule has 1 aromatic heterocycles. The van der Waals surface area contributed by atoms with Gasteiger partial charge in [-0.1, -0.05) is 0 Å². The van der Waals surface area contributed by atoms with Crippen LogP contribution in [0.25, 0.3) is 0 Å². The van der Waals surface area contributed by atoms with Crippen LogP contribution in [0, 0.1) is 6.92 Å². The number of halogens is 2. The first-order valence-electron chi connectivity index (χ1n) is 5.91. The zero-order valence-corrected chi connectivity index (χ0v) is 13.6. The molecule has 0 aliphatic rings. The van der Waals surface area contributed by atoms with Gasteiger partial charge in [-0.15, -0.1) is 0 Å². The molecular formula is C13H15Br2N3O. The normalized spacial score (nSPS) is 12.4. The summed E-state index contributed by atoms with van der Waals surface area (Å²) in [6.07, 6.45) is 3.04. The van der Waals surface area contributed by atoms with Crippen LogP contribution in [-0.4, -0.2) is 27.5 Å². The summed E-state index contributed by atoms with van der Waals surface area (Å²) >= 11 is 7.03. The van der Waals surface area contributed by atoms with E-state index in [1.807, 2.05) is 31.3 Å². The zero-order chi connectivity index (χ0) is 13.8. The molecule has 0 saturated heterocycles. The molecule has 0 fully saturated rings. The molecule has 2 aromatic rings. The van der Waals surface area contributed by atoms with Gasteiger partial charge < -0.3 is 10.4 Å². The van der Waals surface area contributed by atoms with Gasteiger partial charge in [0, 0.05) is 27.9 Å². The summed E-state index contributed by atoms with van der Waals surface area (Å²) in [7, 11) is 0. The van der Waals surface area contributed by atoms with Crippen molar-refractivity contribution in [2.45, 2.75) is 19.6 Å². The number of nitrogens with zero attached hydrogens (tertiary/aromatic N) is 2. The minimum absolute atomic E-state index is 0.458. The number of nitrogens with one attached hydrogen (secondary N) is 1.